The number of nitrogens with two attached hydrogens (primary N) is 2. The summed E-state index contributed by atoms with van der Waals surface area (Å²) in [5.41, 5.74) is 12.5. The summed E-state index contributed by atoms with van der Waals surface area (Å²) in [7, 11) is 0. The topological polar surface area (TPSA) is 160 Å². The normalized spacial score (nSPS) is 17.0. The van der Waals surface area contributed by atoms with Crippen LogP contribution in [0.5, 0.6) is 0 Å². The van der Waals surface area contributed by atoms with Crippen molar-refractivity contribution in [1.29, 1.82) is 0 Å². The SMILES string of the molecule is CC(C)(C)OC(=O)N[C@@H](CCCCN)C(=O)N(C1NCCc2ccccc21)[C@@H](CCCCN)C(=O)O. The lowest BCUT2D eigenvalue weighted by molar-refractivity contribution is -0.155. The number of fused-ring (bicyclic) bond motifs is 1. The highest BCUT2D eigenvalue weighted by molar-refractivity contribution is 5.89. The number of rotatable bonds is 13. The van der Waals surface area contributed by atoms with Crippen molar-refractivity contribution >= 4 is 18.0 Å². The Morgan fingerprint density at radius 2 is 1.75 bits per heavy atom. The minimum Gasteiger partial charge on any atom is -0.480 e. The lowest BCUT2D eigenvalue weighted by atomic mass is 9.94. The van der Waals surface area contributed by atoms with Gasteiger partial charge in [0, 0.05) is 6.54 Å². The molecule has 2 rings (SSSR count). The molecule has 1 aliphatic heterocycles. The zero-order valence-electron chi connectivity index (χ0n) is 21.8. The molecule has 0 fully saturated rings. The summed E-state index contributed by atoms with van der Waals surface area (Å²) in [5.74, 6) is -1.56. The Morgan fingerprint density at radius 1 is 1.11 bits per heavy atom. The zero-order chi connectivity index (χ0) is 26.7. The molecule has 0 radical (unpaired) electrons. The van der Waals surface area contributed by atoms with E-state index >= 15 is 0 Å². The van der Waals surface area contributed by atoms with E-state index in [1.807, 2.05) is 24.3 Å². The summed E-state index contributed by atoms with van der Waals surface area (Å²) in [4.78, 5) is 40.7. The maximum Gasteiger partial charge on any atom is 0.408 e. The van der Waals surface area contributed by atoms with Crippen molar-refractivity contribution in [2.24, 2.45) is 11.5 Å². The number of carbonyl (C=O) groups excluding carboxylic acids is 2. The van der Waals surface area contributed by atoms with E-state index in [-0.39, 0.29) is 6.42 Å². The smallest absolute Gasteiger partial charge is 0.408 e. The summed E-state index contributed by atoms with van der Waals surface area (Å²) in [5, 5.41) is 16.3. The molecule has 1 unspecified atom stereocenters. The molecular formula is C26H43N5O5. The van der Waals surface area contributed by atoms with Crippen LogP contribution in [0, 0.1) is 0 Å². The molecule has 0 aliphatic carbocycles. The highest BCUT2D eigenvalue weighted by atomic mass is 16.6. The maximum absolute atomic E-state index is 14.1. The van der Waals surface area contributed by atoms with Crippen LogP contribution in [0.2, 0.25) is 0 Å². The fourth-order valence-corrected chi connectivity index (χ4v) is 4.43. The van der Waals surface area contributed by atoms with E-state index in [1.165, 1.54) is 4.90 Å². The number of nitrogens with one attached hydrogen (secondary N) is 2. The molecule has 1 aromatic carbocycles. The van der Waals surface area contributed by atoms with Gasteiger partial charge in [-0.2, -0.15) is 0 Å². The van der Waals surface area contributed by atoms with Crippen LogP contribution in [0.1, 0.15) is 76.6 Å². The van der Waals surface area contributed by atoms with Gasteiger partial charge in [-0.15, -0.1) is 0 Å². The van der Waals surface area contributed by atoms with Gasteiger partial charge in [0.2, 0.25) is 5.91 Å². The van der Waals surface area contributed by atoms with Gasteiger partial charge in [-0.05, 0) is 89.9 Å². The second-order valence-corrected chi connectivity index (χ2v) is 10.2. The lowest BCUT2D eigenvalue weighted by Gasteiger charge is -2.41. The van der Waals surface area contributed by atoms with E-state index in [9.17, 15) is 19.5 Å². The van der Waals surface area contributed by atoms with E-state index in [0.29, 0.717) is 51.7 Å². The molecule has 2 amide bonds. The van der Waals surface area contributed by atoms with Crippen molar-refractivity contribution in [2.45, 2.75) is 89.6 Å². The number of aliphatic carboxylic acids is 1. The van der Waals surface area contributed by atoms with E-state index < -0.39 is 41.8 Å². The molecule has 3 atom stereocenters. The average molecular weight is 506 g/mol. The average Bonchev–Trinajstić information content (AvgIpc) is 2.81. The second-order valence-electron chi connectivity index (χ2n) is 10.2. The standard InChI is InChI=1S/C26H43N5O5/c1-26(2,3)36-25(35)30-20(12-6-8-15-27)23(32)31(21(24(33)34)13-7-9-16-28)22-19-11-5-4-10-18(19)14-17-29-22/h4-5,10-11,20-22,29H,6-9,12-17,27-28H2,1-3H3,(H,30,35)(H,33,34)/t20-,21-,22?/m0/s1. The minimum absolute atomic E-state index is 0.251. The Labute approximate surface area is 214 Å². The lowest BCUT2D eigenvalue weighted by Crippen LogP contribution is -2.58. The molecule has 36 heavy (non-hydrogen) atoms. The number of unbranched alkanes of at least 4 members (excludes halogenated alkanes) is 2. The van der Waals surface area contributed by atoms with Crippen molar-refractivity contribution in [3.05, 3.63) is 35.4 Å². The van der Waals surface area contributed by atoms with E-state index in [4.69, 9.17) is 16.2 Å². The van der Waals surface area contributed by atoms with Gasteiger partial charge in [0.15, 0.2) is 0 Å². The van der Waals surface area contributed by atoms with Crippen LogP contribution < -0.4 is 22.1 Å². The molecule has 7 N–H and O–H groups in total. The highest BCUT2D eigenvalue weighted by Gasteiger charge is 2.40. The van der Waals surface area contributed by atoms with Crippen LogP contribution in [0.4, 0.5) is 4.79 Å². The molecule has 1 aromatic rings. The minimum atomic E-state index is -1.09. The first kappa shape index (κ1) is 29.5. The van der Waals surface area contributed by atoms with Crippen molar-refractivity contribution in [3.8, 4) is 0 Å². The third-order valence-electron chi connectivity index (χ3n) is 6.10. The van der Waals surface area contributed by atoms with Crippen LogP contribution in [0.15, 0.2) is 24.3 Å². The number of carboxylic acid groups (broad SMARTS) is 1. The molecule has 1 heterocycles. The highest BCUT2D eigenvalue weighted by Crippen LogP contribution is 2.30. The Hall–Kier alpha value is -2.69. The molecule has 0 spiro atoms. The predicted octanol–water partition coefficient (Wildman–Crippen LogP) is 2.26. The summed E-state index contributed by atoms with van der Waals surface area (Å²) < 4.78 is 5.40. The fraction of sp³-hybridized carbons (Fsp3) is 0.654. The first-order valence-electron chi connectivity index (χ1n) is 12.8. The number of hydrogen-bond acceptors (Lipinski definition) is 7. The van der Waals surface area contributed by atoms with Gasteiger partial charge in [0.25, 0.3) is 0 Å². The van der Waals surface area contributed by atoms with E-state index in [2.05, 4.69) is 10.6 Å². The predicted molar refractivity (Wildman–Crippen MR) is 138 cm³/mol. The number of amides is 2. The number of hydrogen-bond donors (Lipinski definition) is 5. The fourth-order valence-electron chi connectivity index (χ4n) is 4.43. The van der Waals surface area contributed by atoms with Crippen molar-refractivity contribution in [1.82, 2.24) is 15.5 Å². The summed E-state index contributed by atoms with van der Waals surface area (Å²) in [6.07, 6.45) is 2.45. The maximum atomic E-state index is 14.1. The monoisotopic (exact) mass is 505 g/mol. The molecule has 0 saturated carbocycles. The second kappa shape index (κ2) is 14.2. The van der Waals surface area contributed by atoms with Crippen molar-refractivity contribution in [3.63, 3.8) is 0 Å². The molecule has 0 aromatic heterocycles. The van der Waals surface area contributed by atoms with E-state index in [1.54, 1.807) is 20.8 Å². The van der Waals surface area contributed by atoms with Crippen molar-refractivity contribution in [2.75, 3.05) is 19.6 Å². The number of carboxylic acids is 1. The zero-order valence-corrected chi connectivity index (χ0v) is 21.8. The molecule has 202 valence electrons. The van der Waals surface area contributed by atoms with Gasteiger partial charge >= 0.3 is 12.1 Å². The number of alkyl carbamates (subject to hydrolysis) is 1. The third kappa shape index (κ3) is 8.76. The molecular weight excluding hydrogens is 462 g/mol. The summed E-state index contributed by atoms with van der Waals surface area (Å²) in [6, 6.07) is 5.67. The summed E-state index contributed by atoms with van der Waals surface area (Å²) in [6.45, 7) is 6.71. The van der Waals surface area contributed by atoms with Crippen LogP contribution in [0.25, 0.3) is 0 Å². The van der Waals surface area contributed by atoms with Gasteiger partial charge in [-0.1, -0.05) is 24.3 Å². The third-order valence-corrected chi connectivity index (χ3v) is 6.10. The number of nitrogens with zero attached hydrogens (tertiary/aromatic N) is 1. The number of carbonyl (C=O) groups is 3. The van der Waals surface area contributed by atoms with Crippen molar-refractivity contribution < 1.29 is 24.2 Å². The Balaban J connectivity index is 2.46. The summed E-state index contributed by atoms with van der Waals surface area (Å²) >= 11 is 0. The molecule has 0 saturated heterocycles. The van der Waals surface area contributed by atoms with Gasteiger partial charge in [0.1, 0.15) is 23.9 Å². The molecule has 0 bridgehead atoms. The molecule has 1 aliphatic rings. The first-order chi connectivity index (χ1) is 17.1. The quantitative estimate of drug-likeness (QED) is 0.255. The van der Waals surface area contributed by atoms with Crippen LogP contribution >= 0.6 is 0 Å². The Bertz CT molecular complexity index is 873. The van der Waals surface area contributed by atoms with Crippen LogP contribution in [0.3, 0.4) is 0 Å². The van der Waals surface area contributed by atoms with Gasteiger partial charge < -0.3 is 31.5 Å². The van der Waals surface area contributed by atoms with Crippen LogP contribution in [-0.2, 0) is 20.7 Å². The molecule has 10 nitrogen and oxygen atoms in total. The Morgan fingerprint density at radius 3 is 2.36 bits per heavy atom. The number of benzene rings is 1. The van der Waals surface area contributed by atoms with E-state index in [0.717, 1.165) is 17.5 Å². The first-order valence-corrected chi connectivity index (χ1v) is 12.8. The van der Waals surface area contributed by atoms with Gasteiger partial charge in [-0.3, -0.25) is 10.1 Å². The molecule has 10 heteroatoms. The number of ether oxygens (including phenoxy) is 1. The van der Waals surface area contributed by atoms with Crippen LogP contribution in [-0.4, -0.2) is 65.3 Å². The Kier molecular flexibility index (Phi) is 11.6. The van der Waals surface area contributed by atoms with Gasteiger partial charge in [0.05, 0.1) is 0 Å². The largest absolute Gasteiger partial charge is 0.480 e. The van der Waals surface area contributed by atoms with Gasteiger partial charge in [-0.25, -0.2) is 9.59 Å².